The van der Waals surface area contributed by atoms with Gasteiger partial charge in [-0.2, -0.15) is 0 Å². The monoisotopic (exact) mass is 2150 g/mol. The number of carbonyl (C=O) groups excluding carboxylic acids is 4. The molecule has 12 nitrogen and oxygen atoms in total. The molecule has 18 rings (SSSR count). The Morgan fingerprint density at radius 2 is 0.493 bits per heavy atom. The quantitative estimate of drug-likeness (QED) is 0.0254. The summed E-state index contributed by atoms with van der Waals surface area (Å²) < 4.78 is 46.9. The second-order valence-electron chi connectivity index (χ2n) is 31.1. The van der Waals surface area contributed by atoms with Crippen LogP contribution in [0.5, 0.6) is 0 Å². The molecule has 0 aliphatic rings. The molecule has 706 valence electrons. The Balaban J connectivity index is 0.000000169. The molecule has 18 aromatic rings. The number of benzene rings is 18. The molecule has 0 fully saturated rings. The summed E-state index contributed by atoms with van der Waals surface area (Å²) in [4.78, 5) is 46.5. The van der Waals surface area contributed by atoms with E-state index in [2.05, 4.69) is 380 Å². The van der Waals surface area contributed by atoms with Gasteiger partial charge in [0.05, 0.1) is 10.0 Å². The second kappa shape index (κ2) is 56.4. The SMILES string of the molecule is C.CC(=O)Cc1cccc(-c2ccc(C(=O)c3ccc(Cl)c(S(N)(=O)=O)c3)cc2)c1.CC(=O)Cc1cccc(B(O)O)c1.NS(=O)(=O)c1cc(C(=O)c2ccc(Br)cc2)ccc1Cl.[Pd].c1ccc(P(c2ccccc2)c2ccccc2)cc1.c1ccc(P(c2ccccc2)c2ccccc2)cc1.c1ccc(P(c2ccccc2)c2ccccc2)cc1.c1ccc(P(c2ccccc2)c2ccccc2)cc1. The van der Waals surface area contributed by atoms with E-state index in [1.165, 1.54) is 107 Å². The fourth-order valence-corrected chi connectivity index (χ4v) is 26.1. The zero-order valence-electron chi connectivity index (χ0n) is 75.7. The Morgan fingerprint density at radius 3 is 0.714 bits per heavy atom. The summed E-state index contributed by atoms with van der Waals surface area (Å²) in [5.74, 6) is -0.503. The van der Waals surface area contributed by atoms with Gasteiger partial charge in [0.1, 0.15) is 21.4 Å². The number of sulfonamides is 2. The first-order chi connectivity index (χ1) is 66.8. The summed E-state index contributed by atoms with van der Waals surface area (Å²) in [6, 6.07) is 165. The summed E-state index contributed by atoms with van der Waals surface area (Å²) in [7, 11) is -11.3. The summed E-state index contributed by atoms with van der Waals surface area (Å²) >= 11 is 14.9. The van der Waals surface area contributed by atoms with E-state index >= 15 is 0 Å². The molecule has 0 spiro atoms. The first-order valence-corrected chi connectivity index (χ1v) is 53.8. The van der Waals surface area contributed by atoms with Crippen molar-refractivity contribution in [3.63, 3.8) is 0 Å². The van der Waals surface area contributed by atoms with Gasteiger partial charge in [0.15, 0.2) is 11.6 Å². The minimum absolute atomic E-state index is 0. The first kappa shape index (κ1) is 110. The van der Waals surface area contributed by atoms with Crippen molar-refractivity contribution in [2.75, 3.05) is 0 Å². The van der Waals surface area contributed by atoms with Gasteiger partial charge < -0.3 is 10.0 Å². The maximum absolute atomic E-state index is 12.7. The van der Waals surface area contributed by atoms with Gasteiger partial charge in [-0.05, 0) is 198 Å². The standard InChI is InChI=1S/C22H18ClNO4S.4C18H15P.C13H9BrClNO3S.C9H11BO3.CH4.Pd/c1-14(25)11-15-3-2-4-18(12-15)16-5-7-17(8-6-16)22(26)19-9-10-20(23)21(13-19)29(24,27)28;4*1-4-10-16(11-5-1)19(17-12-6-2-7-13-17)18-14-8-3-9-15-18;14-10-4-1-8(2-5-10)13(17)9-3-6-11(15)12(7-9)20(16,18)19;1-7(11)5-8-3-2-4-9(6-8)10(12)13;;/h2-10,12-13H,11H2,1H3,(H2,24,27,28);4*1-15H;1-7H,(H2,16,18,19);2-4,6,12-13H,5H2,1H3;1H4;. The van der Waals surface area contributed by atoms with E-state index in [9.17, 15) is 36.0 Å². The van der Waals surface area contributed by atoms with Crippen molar-refractivity contribution in [1.82, 2.24) is 0 Å². The number of hydrogen-bond acceptors (Lipinski definition) is 10. The largest absolute Gasteiger partial charge is 0.488 e. The van der Waals surface area contributed by atoms with Crippen LogP contribution >= 0.6 is 70.8 Å². The topological polar surface area (TPSA) is 229 Å². The molecule has 0 heterocycles. The van der Waals surface area contributed by atoms with Gasteiger partial charge >= 0.3 is 7.12 Å². The molecule has 0 amide bonds. The van der Waals surface area contributed by atoms with E-state index < -0.39 is 58.9 Å². The van der Waals surface area contributed by atoms with Gasteiger partial charge in [0.2, 0.25) is 20.0 Å². The number of primary sulfonamides is 2. The zero-order valence-corrected chi connectivity index (χ0v) is 85.6. The second-order valence-corrected chi connectivity index (χ2v) is 44.7. The molecular weight excluding hydrogens is 2050 g/mol. The Morgan fingerprint density at radius 1 is 0.279 bits per heavy atom. The number of Topliss-reactive ketones (excluding diaryl/α,β-unsaturated/α-hetero) is 2. The molecule has 0 saturated heterocycles. The van der Waals surface area contributed by atoms with Crippen molar-refractivity contribution in [3.05, 3.63) is 545 Å². The number of rotatable bonds is 24. The molecule has 0 bridgehead atoms. The van der Waals surface area contributed by atoms with Crippen LogP contribution in [0.15, 0.2) is 512 Å². The number of ketones is 4. The van der Waals surface area contributed by atoms with Gasteiger partial charge in [0, 0.05) is 60.0 Å². The molecule has 0 atom stereocenters. The average molecular weight is 2150 g/mol. The van der Waals surface area contributed by atoms with Crippen LogP contribution in [0.2, 0.25) is 10.0 Å². The van der Waals surface area contributed by atoms with Crippen LogP contribution in [-0.4, -0.2) is 57.1 Å². The van der Waals surface area contributed by atoms with Crippen molar-refractivity contribution in [1.29, 1.82) is 0 Å². The summed E-state index contributed by atoms with van der Waals surface area (Å²) in [6.07, 6.45) is 0.702. The third-order valence-electron chi connectivity index (χ3n) is 20.8. The molecule has 0 aromatic heterocycles. The van der Waals surface area contributed by atoms with E-state index in [-0.39, 0.29) is 81.9 Å². The van der Waals surface area contributed by atoms with Gasteiger partial charge in [0.25, 0.3) is 0 Å². The van der Waals surface area contributed by atoms with Crippen molar-refractivity contribution in [2.24, 2.45) is 10.3 Å². The molecule has 140 heavy (non-hydrogen) atoms. The number of nitrogens with two attached hydrogens (primary N) is 2. The molecule has 23 heteroatoms. The fourth-order valence-electron chi connectivity index (χ4n) is 14.5. The summed E-state index contributed by atoms with van der Waals surface area (Å²) in [6.45, 7) is 3.05. The molecule has 0 aliphatic carbocycles. The maximum Gasteiger partial charge on any atom is 0.488 e. The van der Waals surface area contributed by atoms with Gasteiger partial charge in [-0.1, -0.05) is 483 Å². The van der Waals surface area contributed by atoms with Gasteiger partial charge in [-0.3, -0.25) is 19.2 Å². The zero-order chi connectivity index (χ0) is 97.6. The summed E-state index contributed by atoms with van der Waals surface area (Å²) in [5.41, 5.74) is 5.20. The van der Waals surface area contributed by atoms with Crippen molar-refractivity contribution < 1.29 is 66.5 Å². The average Bonchev–Trinajstić information content (AvgIpc) is 0.818. The molecular formula is C117H102BBrCl2N2O10P4PdS2. The van der Waals surface area contributed by atoms with E-state index in [1.54, 1.807) is 79.7 Å². The Bertz CT molecular complexity index is 6320. The Hall–Kier alpha value is -12.1. The van der Waals surface area contributed by atoms with Crippen LogP contribution < -0.4 is 79.4 Å². The van der Waals surface area contributed by atoms with Crippen molar-refractivity contribution in [2.45, 2.75) is 43.9 Å². The molecule has 0 saturated carbocycles. The maximum atomic E-state index is 12.7. The fraction of sp³-hybridized carbons (Fsp3) is 0.0427. The minimum Gasteiger partial charge on any atom is -0.423 e. The molecule has 18 aromatic carbocycles. The number of hydrogen-bond donors (Lipinski definition) is 4. The molecule has 0 radical (unpaired) electrons. The Labute approximate surface area is 859 Å². The van der Waals surface area contributed by atoms with Crippen molar-refractivity contribution in [3.8, 4) is 11.1 Å². The van der Waals surface area contributed by atoms with Crippen LogP contribution in [0.3, 0.4) is 0 Å². The van der Waals surface area contributed by atoms with Gasteiger partial charge in [-0.25, -0.2) is 27.1 Å². The van der Waals surface area contributed by atoms with Gasteiger partial charge in [-0.15, -0.1) is 0 Å². The minimum atomic E-state index is -4.04. The van der Waals surface area contributed by atoms with Crippen LogP contribution in [-0.2, 0) is 62.9 Å². The first-order valence-electron chi connectivity index (χ1n) is 43.8. The predicted molar refractivity (Wildman–Crippen MR) is 591 cm³/mol. The van der Waals surface area contributed by atoms with E-state index in [1.807, 2.05) is 24.3 Å². The van der Waals surface area contributed by atoms with Crippen LogP contribution in [0.4, 0.5) is 0 Å². The normalized spacial score (nSPS) is 10.6. The Kier molecular flexibility index (Phi) is 44.2. The molecule has 6 N–H and O–H groups in total. The van der Waals surface area contributed by atoms with Crippen LogP contribution in [0.1, 0.15) is 64.2 Å². The third-order valence-corrected chi connectivity index (χ3v) is 33.9. The molecule has 0 aliphatic heterocycles. The predicted octanol–water partition coefficient (Wildman–Crippen LogP) is 20.9. The molecule has 0 unspecified atom stereocenters. The van der Waals surface area contributed by atoms with Crippen LogP contribution in [0, 0.1) is 0 Å². The number of halogens is 3. The smallest absolute Gasteiger partial charge is 0.423 e. The van der Waals surface area contributed by atoms with Crippen LogP contribution in [0.25, 0.3) is 11.1 Å². The summed E-state index contributed by atoms with van der Waals surface area (Å²) in [5, 5.41) is 44.6. The number of carbonyl (C=O) groups is 4. The van der Waals surface area contributed by atoms with Crippen molar-refractivity contribution >= 4 is 190 Å². The third kappa shape index (κ3) is 33.6. The van der Waals surface area contributed by atoms with E-state index in [0.717, 1.165) is 26.7 Å². The van der Waals surface area contributed by atoms with E-state index in [0.29, 0.717) is 29.4 Å². The van der Waals surface area contributed by atoms with E-state index in [4.69, 9.17) is 43.5 Å².